The van der Waals surface area contributed by atoms with Crippen molar-refractivity contribution in [2.75, 3.05) is 18.4 Å². The molecule has 5 nitrogen and oxygen atoms in total. The molecule has 0 saturated carbocycles. The van der Waals surface area contributed by atoms with E-state index in [9.17, 15) is 5.11 Å². The van der Waals surface area contributed by atoms with Crippen LogP contribution in [-0.4, -0.2) is 34.1 Å². The molecule has 124 valence electrons. The molecule has 2 N–H and O–H groups in total. The maximum absolute atomic E-state index is 9.98. The zero-order chi connectivity index (χ0) is 16.9. The zero-order valence-electron chi connectivity index (χ0n) is 13.2. The van der Waals surface area contributed by atoms with Crippen molar-refractivity contribution in [3.05, 3.63) is 52.7 Å². The molecule has 24 heavy (non-hydrogen) atoms. The molecule has 1 fully saturated rings. The minimum atomic E-state index is 0.265. The summed E-state index contributed by atoms with van der Waals surface area (Å²) >= 11 is 6.02. The van der Waals surface area contributed by atoms with Gasteiger partial charge in [0.2, 0.25) is 0 Å². The van der Waals surface area contributed by atoms with E-state index in [1.165, 1.54) is 0 Å². The topological polar surface area (TPSA) is 72.2 Å². The van der Waals surface area contributed by atoms with Gasteiger partial charge in [-0.25, -0.2) is 4.98 Å². The number of likely N-dealkylation sites (tertiary alicyclic amines) is 1. The molecule has 0 spiro atoms. The fourth-order valence-electron chi connectivity index (χ4n) is 3.03. The van der Waals surface area contributed by atoms with Gasteiger partial charge in [-0.15, -0.1) is 0 Å². The smallest absolute Gasteiger partial charge is 0.142 e. The van der Waals surface area contributed by atoms with E-state index in [0.717, 1.165) is 37.3 Å². The number of hydrogen-bond acceptors (Lipinski definition) is 5. The molecule has 1 atom stereocenters. The van der Waals surface area contributed by atoms with Gasteiger partial charge >= 0.3 is 0 Å². The highest BCUT2D eigenvalue weighted by atomic mass is 35.5. The lowest BCUT2D eigenvalue weighted by atomic mass is 10.0. The van der Waals surface area contributed by atoms with Crippen LogP contribution >= 0.6 is 11.6 Å². The molecule has 3 rings (SSSR count). The SMILES string of the molecule is N#Cc1cccc(NC2CCCN(Cc3cc(Cl)ccc3O)C2)n1. The lowest BCUT2D eigenvalue weighted by Gasteiger charge is -2.33. The van der Waals surface area contributed by atoms with Crippen molar-refractivity contribution in [1.29, 1.82) is 5.26 Å². The van der Waals surface area contributed by atoms with E-state index in [1.807, 2.05) is 18.2 Å². The van der Waals surface area contributed by atoms with E-state index >= 15 is 0 Å². The van der Waals surface area contributed by atoms with Gasteiger partial charge in [-0.05, 0) is 49.7 Å². The quantitative estimate of drug-likeness (QED) is 0.891. The number of piperidine rings is 1. The standard InChI is InChI=1S/C18H19ClN4O/c19-14-6-7-17(24)13(9-14)11-23-8-2-4-16(12-23)22-18-5-1-3-15(10-20)21-18/h1,3,5-7,9,16,24H,2,4,8,11-12H2,(H,21,22). The van der Waals surface area contributed by atoms with E-state index in [-0.39, 0.29) is 11.8 Å². The van der Waals surface area contributed by atoms with Crippen LogP contribution < -0.4 is 5.32 Å². The van der Waals surface area contributed by atoms with Gasteiger partial charge < -0.3 is 10.4 Å². The summed E-state index contributed by atoms with van der Waals surface area (Å²) in [6.07, 6.45) is 2.12. The molecule has 1 aromatic carbocycles. The van der Waals surface area contributed by atoms with Crippen LogP contribution in [0.5, 0.6) is 5.75 Å². The van der Waals surface area contributed by atoms with Gasteiger partial charge in [0.1, 0.15) is 23.3 Å². The Morgan fingerprint density at radius 1 is 1.38 bits per heavy atom. The predicted octanol–water partition coefficient (Wildman–Crippen LogP) is 3.39. The third kappa shape index (κ3) is 4.16. The molecule has 0 aliphatic carbocycles. The van der Waals surface area contributed by atoms with Gasteiger partial charge in [0, 0.05) is 29.7 Å². The molecular weight excluding hydrogens is 324 g/mol. The summed E-state index contributed by atoms with van der Waals surface area (Å²) in [5.41, 5.74) is 1.25. The van der Waals surface area contributed by atoms with Crippen molar-refractivity contribution >= 4 is 17.4 Å². The van der Waals surface area contributed by atoms with Crippen LogP contribution in [0.4, 0.5) is 5.82 Å². The number of aromatic hydroxyl groups is 1. The highest BCUT2D eigenvalue weighted by molar-refractivity contribution is 6.30. The van der Waals surface area contributed by atoms with Gasteiger partial charge in [-0.2, -0.15) is 5.26 Å². The van der Waals surface area contributed by atoms with Gasteiger partial charge in [-0.3, -0.25) is 4.90 Å². The molecule has 0 radical (unpaired) electrons. The van der Waals surface area contributed by atoms with Crippen LogP contribution in [-0.2, 0) is 6.54 Å². The monoisotopic (exact) mass is 342 g/mol. The van der Waals surface area contributed by atoms with Gasteiger partial charge in [0.15, 0.2) is 0 Å². The number of benzene rings is 1. The summed E-state index contributed by atoms with van der Waals surface area (Å²) in [6, 6.07) is 12.9. The Bertz CT molecular complexity index is 759. The van der Waals surface area contributed by atoms with E-state index in [1.54, 1.807) is 18.2 Å². The largest absolute Gasteiger partial charge is 0.508 e. The maximum atomic E-state index is 9.98. The Hall–Kier alpha value is -2.29. The van der Waals surface area contributed by atoms with Crippen molar-refractivity contribution in [2.24, 2.45) is 0 Å². The molecule has 2 heterocycles. The predicted molar refractivity (Wildman–Crippen MR) is 94.0 cm³/mol. The fourth-order valence-corrected chi connectivity index (χ4v) is 3.22. The number of halogens is 1. The molecule has 1 unspecified atom stereocenters. The van der Waals surface area contributed by atoms with E-state index in [2.05, 4.69) is 21.3 Å². The number of hydrogen-bond donors (Lipinski definition) is 2. The molecular formula is C18H19ClN4O. The number of aromatic nitrogens is 1. The summed E-state index contributed by atoms with van der Waals surface area (Å²) in [4.78, 5) is 6.56. The van der Waals surface area contributed by atoms with Crippen molar-refractivity contribution in [2.45, 2.75) is 25.4 Å². The second-order valence-electron chi connectivity index (χ2n) is 6.01. The number of nitriles is 1. The number of anilines is 1. The van der Waals surface area contributed by atoms with Gasteiger partial charge in [0.25, 0.3) is 0 Å². The zero-order valence-corrected chi connectivity index (χ0v) is 14.0. The average Bonchev–Trinajstić information content (AvgIpc) is 2.59. The first kappa shape index (κ1) is 16.6. The molecule has 6 heteroatoms. The van der Waals surface area contributed by atoms with Crippen molar-refractivity contribution in [1.82, 2.24) is 9.88 Å². The lowest BCUT2D eigenvalue weighted by molar-refractivity contribution is 0.206. The molecule has 0 amide bonds. The minimum Gasteiger partial charge on any atom is -0.508 e. The molecule has 2 aromatic rings. The number of pyridine rings is 1. The van der Waals surface area contributed by atoms with E-state index < -0.39 is 0 Å². The summed E-state index contributed by atoms with van der Waals surface area (Å²) in [5.74, 6) is 1.00. The third-order valence-corrected chi connectivity index (χ3v) is 4.39. The second kappa shape index (κ2) is 7.52. The Kier molecular flexibility index (Phi) is 5.19. The normalized spacial score (nSPS) is 18.1. The highest BCUT2D eigenvalue weighted by Gasteiger charge is 2.21. The summed E-state index contributed by atoms with van der Waals surface area (Å²) in [5, 5.41) is 23.0. The van der Waals surface area contributed by atoms with Gasteiger partial charge in [-0.1, -0.05) is 17.7 Å². The Morgan fingerprint density at radius 3 is 3.08 bits per heavy atom. The summed E-state index contributed by atoms with van der Waals surface area (Å²) < 4.78 is 0. The Balaban J connectivity index is 1.64. The van der Waals surface area contributed by atoms with Crippen LogP contribution in [0, 0.1) is 11.3 Å². The number of nitrogens with zero attached hydrogens (tertiary/aromatic N) is 3. The number of nitrogens with one attached hydrogen (secondary N) is 1. The Labute approximate surface area is 146 Å². The van der Waals surface area contributed by atoms with Crippen molar-refractivity contribution in [3.8, 4) is 11.8 Å². The van der Waals surface area contributed by atoms with Crippen LogP contribution in [0.3, 0.4) is 0 Å². The summed E-state index contributed by atoms with van der Waals surface area (Å²) in [6.45, 7) is 2.50. The van der Waals surface area contributed by atoms with E-state index in [4.69, 9.17) is 16.9 Å². The number of rotatable bonds is 4. The minimum absolute atomic E-state index is 0.265. The van der Waals surface area contributed by atoms with Crippen LogP contribution in [0.2, 0.25) is 5.02 Å². The first-order chi connectivity index (χ1) is 11.6. The lowest BCUT2D eigenvalue weighted by Crippen LogP contribution is -2.41. The Morgan fingerprint density at radius 2 is 2.25 bits per heavy atom. The van der Waals surface area contributed by atoms with Crippen LogP contribution in [0.15, 0.2) is 36.4 Å². The average molecular weight is 343 g/mol. The second-order valence-corrected chi connectivity index (χ2v) is 6.45. The molecule has 0 bridgehead atoms. The maximum Gasteiger partial charge on any atom is 0.142 e. The third-order valence-electron chi connectivity index (χ3n) is 4.16. The van der Waals surface area contributed by atoms with Crippen molar-refractivity contribution in [3.63, 3.8) is 0 Å². The van der Waals surface area contributed by atoms with Crippen LogP contribution in [0.25, 0.3) is 0 Å². The molecule has 1 saturated heterocycles. The van der Waals surface area contributed by atoms with Crippen molar-refractivity contribution < 1.29 is 5.11 Å². The first-order valence-corrected chi connectivity index (χ1v) is 8.35. The fraction of sp³-hybridized carbons (Fsp3) is 0.333. The van der Waals surface area contributed by atoms with Crippen LogP contribution in [0.1, 0.15) is 24.1 Å². The van der Waals surface area contributed by atoms with Gasteiger partial charge in [0.05, 0.1) is 0 Å². The first-order valence-electron chi connectivity index (χ1n) is 7.97. The molecule has 1 aromatic heterocycles. The van der Waals surface area contributed by atoms with E-state index in [0.29, 0.717) is 17.3 Å². The molecule has 1 aliphatic rings. The highest BCUT2D eigenvalue weighted by Crippen LogP contribution is 2.24. The molecule has 1 aliphatic heterocycles. The summed E-state index contributed by atoms with van der Waals surface area (Å²) in [7, 11) is 0. The number of phenols is 1. The number of phenolic OH excluding ortho intramolecular Hbond substituents is 1.